The van der Waals surface area contributed by atoms with Crippen LogP contribution in [-0.4, -0.2) is 50.2 Å². The largest absolute Gasteiger partial charge is 0.381 e. The Bertz CT molecular complexity index is 265. The fourth-order valence-corrected chi connectivity index (χ4v) is 2.76. The summed E-state index contributed by atoms with van der Waals surface area (Å²) < 4.78 is 5.39. The molecule has 2 aliphatic heterocycles. The van der Waals surface area contributed by atoms with Gasteiger partial charge in [0.2, 0.25) is 5.91 Å². The molecule has 98 valence electrons. The van der Waals surface area contributed by atoms with Gasteiger partial charge in [-0.1, -0.05) is 13.8 Å². The summed E-state index contributed by atoms with van der Waals surface area (Å²) in [6.07, 6.45) is 2.30. The third-order valence-electron chi connectivity index (χ3n) is 3.51. The quantitative estimate of drug-likeness (QED) is 0.793. The van der Waals surface area contributed by atoms with E-state index in [4.69, 9.17) is 4.74 Å². The standard InChI is InChI=1S/C13H24N2O2/c1-13(2)9-15(10-13)7-12(16)14-6-11-4-3-5-17-8-11/h11H,3-10H2,1-2H3,(H,14,16)/t11-/m0/s1. The highest BCUT2D eigenvalue weighted by atomic mass is 16.5. The molecule has 0 aromatic heterocycles. The maximum Gasteiger partial charge on any atom is 0.234 e. The highest BCUT2D eigenvalue weighted by molar-refractivity contribution is 5.78. The molecule has 0 aliphatic carbocycles. The van der Waals surface area contributed by atoms with Crippen LogP contribution in [0.25, 0.3) is 0 Å². The molecule has 0 aromatic carbocycles. The first-order chi connectivity index (χ1) is 8.05. The normalized spacial score (nSPS) is 28.5. The summed E-state index contributed by atoms with van der Waals surface area (Å²) in [6, 6.07) is 0. The zero-order chi connectivity index (χ0) is 12.3. The van der Waals surface area contributed by atoms with Crippen LogP contribution in [0.1, 0.15) is 26.7 Å². The topological polar surface area (TPSA) is 41.6 Å². The zero-order valence-electron chi connectivity index (χ0n) is 11.0. The van der Waals surface area contributed by atoms with Crippen molar-refractivity contribution in [3.63, 3.8) is 0 Å². The molecule has 1 amide bonds. The van der Waals surface area contributed by atoms with Gasteiger partial charge >= 0.3 is 0 Å². The van der Waals surface area contributed by atoms with Crippen molar-refractivity contribution < 1.29 is 9.53 Å². The molecule has 2 heterocycles. The molecule has 1 atom stereocenters. The molecule has 0 saturated carbocycles. The lowest BCUT2D eigenvalue weighted by Gasteiger charge is -2.45. The number of nitrogens with zero attached hydrogens (tertiary/aromatic N) is 1. The molecule has 0 radical (unpaired) electrons. The summed E-state index contributed by atoms with van der Waals surface area (Å²) in [6.45, 7) is 9.55. The zero-order valence-corrected chi connectivity index (χ0v) is 11.0. The number of likely N-dealkylation sites (tertiary alicyclic amines) is 1. The molecular formula is C13H24N2O2. The lowest BCUT2D eigenvalue weighted by Crippen LogP contribution is -2.55. The van der Waals surface area contributed by atoms with Gasteiger partial charge < -0.3 is 10.1 Å². The van der Waals surface area contributed by atoms with Crippen LogP contribution in [0.5, 0.6) is 0 Å². The third kappa shape index (κ3) is 3.96. The third-order valence-corrected chi connectivity index (χ3v) is 3.51. The van der Waals surface area contributed by atoms with Crippen LogP contribution in [-0.2, 0) is 9.53 Å². The van der Waals surface area contributed by atoms with Crippen LogP contribution < -0.4 is 5.32 Å². The Balaban J connectivity index is 1.58. The van der Waals surface area contributed by atoms with Crippen molar-refractivity contribution in [1.82, 2.24) is 10.2 Å². The molecule has 0 bridgehead atoms. The molecule has 2 fully saturated rings. The van der Waals surface area contributed by atoms with E-state index in [9.17, 15) is 4.79 Å². The van der Waals surface area contributed by atoms with Gasteiger partial charge in [0.05, 0.1) is 13.2 Å². The summed E-state index contributed by atoms with van der Waals surface area (Å²) >= 11 is 0. The fraction of sp³-hybridized carbons (Fsp3) is 0.923. The molecule has 2 rings (SSSR count). The van der Waals surface area contributed by atoms with E-state index in [0.717, 1.165) is 39.3 Å². The van der Waals surface area contributed by atoms with Crippen molar-refractivity contribution in [2.45, 2.75) is 26.7 Å². The first-order valence-corrected chi connectivity index (χ1v) is 6.62. The molecule has 0 aromatic rings. The number of amides is 1. The van der Waals surface area contributed by atoms with Crippen molar-refractivity contribution in [1.29, 1.82) is 0 Å². The number of ether oxygens (including phenoxy) is 1. The highest BCUT2D eigenvalue weighted by Crippen LogP contribution is 2.27. The Morgan fingerprint density at radius 2 is 2.24 bits per heavy atom. The SMILES string of the molecule is CC1(C)CN(CC(=O)NC[C@@H]2CCCOC2)C1. The summed E-state index contributed by atoms with van der Waals surface area (Å²) in [5.41, 5.74) is 0.400. The first-order valence-electron chi connectivity index (χ1n) is 6.62. The van der Waals surface area contributed by atoms with Crippen molar-refractivity contribution in [3.8, 4) is 0 Å². The lowest BCUT2D eigenvalue weighted by atomic mass is 9.84. The van der Waals surface area contributed by atoms with Gasteiger partial charge in [-0.25, -0.2) is 0 Å². The van der Waals surface area contributed by atoms with Crippen LogP contribution in [0.2, 0.25) is 0 Å². The van der Waals surface area contributed by atoms with E-state index in [1.807, 2.05) is 0 Å². The summed E-state index contributed by atoms with van der Waals surface area (Å²) in [4.78, 5) is 13.9. The first kappa shape index (κ1) is 12.8. The van der Waals surface area contributed by atoms with Gasteiger partial charge in [-0.2, -0.15) is 0 Å². The van der Waals surface area contributed by atoms with E-state index in [1.54, 1.807) is 0 Å². The van der Waals surface area contributed by atoms with E-state index in [0.29, 0.717) is 17.9 Å². The average molecular weight is 240 g/mol. The van der Waals surface area contributed by atoms with E-state index in [2.05, 4.69) is 24.1 Å². The van der Waals surface area contributed by atoms with Gasteiger partial charge in [0.25, 0.3) is 0 Å². The van der Waals surface area contributed by atoms with E-state index < -0.39 is 0 Å². The second kappa shape index (κ2) is 5.36. The predicted molar refractivity (Wildman–Crippen MR) is 66.8 cm³/mol. The number of nitrogens with one attached hydrogen (secondary N) is 1. The lowest BCUT2D eigenvalue weighted by molar-refractivity contribution is -0.125. The van der Waals surface area contributed by atoms with Gasteiger partial charge in [0, 0.05) is 26.2 Å². The van der Waals surface area contributed by atoms with E-state index in [-0.39, 0.29) is 5.91 Å². The van der Waals surface area contributed by atoms with Gasteiger partial charge in [-0.3, -0.25) is 9.69 Å². The monoisotopic (exact) mass is 240 g/mol. The minimum Gasteiger partial charge on any atom is -0.381 e. The van der Waals surface area contributed by atoms with Crippen LogP contribution in [0.3, 0.4) is 0 Å². The fourth-order valence-electron chi connectivity index (χ4n) is 2.76. The molecule has 4 heteroatoms. The van der Waals surface area contributed by atoms with Crippen LogP contribution >= 0.6 is 0 Å². The van der Waals surface area contributed by atoms with Crippen molar-refractivity contribution in [2.24, 2.45) is 11.3 Å². The predicted octanol–water partition coefficient (Wildman–Crippen LogP) is 0.871. The Morgan fingerprint density at radius 1 is 1.47 bits per heavy atom. The molecule has 1 N–H and O–H groups in total. The van der Waals surface area contributed by atoms with Gasteiger partial charge in [0.1, 0.15) is 0 Å². The summed E-state index contributed by atoms with van der Waals surface area (Å²) in [5, 5.41) is 3.02. The highest BCUT2D eigenvalue weighted by Gasteiger charge is 2.34. The Labute approximate surface area is 104 Å². The maximum atomic E-state index is 11.7. The molecule has 0 unspecified atom stereocenters. The van der Waals surface area contributed by atoms with Crippen LogP contribution in [0.15, 0.2) is 0 Å². The smallest absolute Gasteiger partial charge is 0.234 e. The Kier molecular flexibility index (Phi) is 4.05. The van der Waals surface area contributed by atoms with Crippen molar-refractivity contribution in [2.75, 3.05) is 39.4 Å². The van der Waals surface area contributed by atoms with Crippen LogP contribution in [0, 0.1) is 11.3 Å². The van der Waals surface area contributed by atoms with Gasteiger partial charge in [-0.15, -0.1) is 0 Å². The van der Waals surface area contributed by atoms with Gasteiger partial charge in [-0.05, 0) is 24.2 Å². The van der Waals surface area contributed by atoms with Crippen molar-refractivity contribution >= 4 is 5.91 Å². The maximum absolute atomic E-state index is 11.7. The van der Waals surface area contributed by atoms with Gasteiger partial charge in [0.15, 0.2) is 0 Å². The molecular weight excluding hydrogens is 216 g/mol. The number of hydrogen-bond donors (Lipinski definition) is 1. The van der Waals surface area contributed by atoms with Crippen molar-refractivity contribution in [3.05, 3.63) is 0 Å². The second-order valence-corrected chi connectivity index (χ2v) is 6.20. The van der Waals surface area contributed by atoms with E-state index >= 15 is 0 Å². The molecule has 2 saturated heterocycles. The molecule has 0 spiro atoms. The summed E-state index contributed by atoms with van der Waals surface area (Å²) in [7, 11) is 0. The number of hydrogen-bond acceptors (Lipinski definition) is 3. The van der Waals surface area contributed by atoms with E-state index in [1.165, 1.54) is 6.42 Å². The van der Waals surface area contributed by atoms with Crippen LogP contribution in [0.4, 0.5) is 0 Å². The Hall–Kier alpha value is -0.610. The molecule has 17 heavy (non-hydrogen) atoms. The molecule has 2 aliphatic rings. The number of rotatable bonds is 4. The minimum absolute atomic E-state index is 0.158. The second-order valence-electron chi connectivity index (χ2n) is 6.20. The number of carbonyl (C=O) groups excluding carboxylic acids is 1. The molecule has 4 nitrogen and oxygen atoms in total. The average Bonchev–Trinajstić information content (AvgIpc) is 2.25. The minimum atomic E-state index is 0.158. The number of carbonyl (C=O) groups is 1. The Morgan fingerprint density at radius 3 is 2.82 bits per heavy atom. The summed E-state index contributed by atoms with van der Waals surface area (Å²) in [5.74, 6) is 0.673.